The van der Waals surface area contributed by atoms with E-state index >= 15 is 0 Å². The Kier molecular flexibility index (Phi) is 12.7. The van der Waals surface area contributed by atoms with Crippen molar-refractivity contribution in [2.24, 2.45) is 0 Å². The van der Waals surface area contributed by atoms with Crippen molar-refractivity contribution in [2.75, 3.05) is 6.54 Å². The third-order valence-corrected chi connectivity index (χ3v) is 4.70. The fourth-order valence-corrected chi connectivity index (χ4v) is 3.06. The van der Waals surface area contributed by atoms with Gasteiger partial charge in [-0.05, 0) is 30.7 Å². The van der Waals surface area contributed by atoms with Crippen LogP contribution >= 0.6 is 0 Å². The summed E-state index contributed by atoms with van der Waals surface area (Å²) in [6.45, 7) is 3.00. The standard InChI is InChI=1S/C22H37NO2/c1-2-3-4-5-6-7-8-9-10-11-12-13-14-19-23-22(25)20-15-17-21(24)18-16-20/h15-18,24H,2-14,19H2,1H3,(H,23,25). The Balaban J connectivity index is 1.84. The molecule has 1 rings (SSSR count). The average molecular weight is 348 g/mol. The molecular weight excluding hydrogens is 310 g/mol. The maximum absolute atomic E-state index is 11.9. The summed E-state index contributed by atoms with van der Waals surface area (Å²) in [5, 5.41) is 12.2. The number of phenolic OH excluding ortho intramolecular Hbond substituents is 1. The molecule has 0 aliphatic heterocycles. The molecule has 1 aromatic carbocycles. The normalized spacial score (nSPS) is 10.8. The summed E-state index contributed by atoms with van der Waals surface area (Å²) in [6, 6.07) is 6.38. The molecule has 0 saturated heterocycles. The van der Waals surface area contributed by atoms with E-state index < -0.39 is 0 Å². The van der Waals surface area contributed by atoms with E-state index in [1.54, 1.807) is 24.3 Å². The van der Waals surface area contributed by atoms with E-state index in [-0.39, 0.29) is 11.7 Å². The Morgan fingerprint density at radius 1 is 0.760 bits per heavy atom. The van der Waals surface area contributed by atoms with Crippen molar-refractivity contribution < 1.29 is 9.90 Å². The minimum atomic E-state index is -0.0565. The molecule has 0 radical (unpaired) electrons. The first kappa shape index (κ1) is 21.5. The lowest BCUT2D eigenvalue weighted by Gasteiger charge is -2.06. The van der Waals surface area contributed by atoms with Gasteiger partial charge in [0.05, 0.1) is 0 Å². The van der Waals surface area contributed by atoms with Gasteiger partial charge in [-0.15, -0.1) is 0 Å². The Hall–Kier alpha value is -1.51. The second-order valence-corrected chi connectivity index (χ2v) is 7.05. The molecule has 0 spiro atoms. The largest absolute Gasteiger partial charge is 0.508 e. The number of nitrogens with one attached hydrogen (secondary N) is 1. The number of carbonyl (C=O) groups excluding carboxylic acids is 1. The third kappa shape index (κ3) is 11.6. The molecule has 3 heteroatoms. The van der Waals surface area contributed by atoms with Crippen molar-refractivity contribution in [3.05, 3.63) is 29.8 Å². The van der Waals surface area contributed by atoms with Gasteiger partial charge in [-0.1, -0.05) is 84.0 Å². The maximum Gasteiger partial charge on any atom is 0.251 e. The van der Waals surface area contributed by atoms with Crippen LogP contribution in [0.3, 0.4) is 0 Å². The molecule has 3 nitrogen and oxygen atoms in total. The monoisotopic (exact) mass is 347 g/mol. The Bertz CT molecular complexity index is 442. The predicted octanol–water partition coefficient (Wildman–Crippen LogP) is 6.21. The van der Waals surface area contributed by atoms with Gasteiger partial charge in [-0.3, -0.25) is 4.79 Å². The van der Waals surface area contributed by atoms with Gasteiger partial charge in [0.1, 0.15) is 5.75 Å². The number of hydrogen-bond donors (Lipinski definition) is 2. The zero-order valence-corrected chi connectivity index (χ0v) is 16.1. The quantitative estimate of drug-likeness (QED) is 0.370. The Morgan fingerprint density at radius 3 is 1.68 bits per heavy atom. The molecule has 0 aromatic heterocycles. The van der Waals surface area contributed by atoms with Gasteiger partial charge in [0.25, 0.3) is 5.91 Å². The number of rotatable bonds is 15. The number of phenols is 1. The zero-order chi connectivity index (χ0) is 18.2. The summed E-state index contributed by atoms with van der Waals surface area (Å²) < 4.78 is 0. The van der Waals surface area contributed by atoms with E-state index in [1.807, 2.05) is 0 Å². The summed E-state index contributed by atoms with van der Waals surface area (Å²) in [7, 11) is 0. The highest BCUT2D eigenvalue weighted by molar-refractivity contribution is 5.94. The molecule has 0 saturated carbocycles. The summed E-state index contributed by atoms with van der Waals surface area (Å²) in [5.74, 6) is 0.131. The van der Waals surface area contributed by atoms with Crippen molar-refractivity contribution >= 4 is 5.91 Å². The highest BCUT2D eigenvalue weighted by atomic mass is 16.3. The molecule has 1 amide bonds. The molecule has 142 valence electrons. The van der Waals surface area contributed by atoms with Crippen LogP contribution in [-0.4, -0.2) is 17.6 Å². The molecular formula is C22H37NO2. The first-order valence-electron chi connectivity index (χ1n) is 10.3. The van der Waals surface area contributed by atoms with E-state index in [0.29, 0.717) is 5.56 Å². The number of unbranched alkanes of at least 4 members (excludes halogenated alkanes) is 12. The van der Waals surface area contributed by atoms with Crippen LogP contribution in [-0.2, 0) is 0 Å². The summed E-state index contributed by atoms with van der Waals surface area (Å²) >= 11 is 0. The zero-order valence-electron chi connectivity index (χ0n) is 16.1. The van der Waals surface area contributed by atoms with Crippen molar-refractivity contribution in [3.63, 3.8) is 0 Å². The van der Waals surface area contributed by atoms with Crippen LogP contribution in [0.5, 0.6) is 5.75 Å². The fourth-order valence-electron chi connectivity index (χ4n) is 3.06. The maximum atomic E-state index is 11.9. The molecule has 0 bridgehead atoms. The summed E-state index contributed by atoms with van der Waals surface area (Å²) in [5.41, 5.74) is 0.604. The number of benzene rings is 1. The molecule has 25 heavy (non-hydrogen) atoms. The first-order valence-corrected chi connectivity index (χ1v) is 10.3. The smallest absolute Gasteiger partial charge is 0.251 e. The van der Waals surface area contributed by atoms with Crippen molar-refractivity contribution in [3.8, 4) is 5.75 Å². The predicted molar refractivity (Wildman–Crippen MR) is 106 cm³/mol. The van der Waals surface area contributed by atoms with Gasteiger partial charge in [0.15, 0.2) is 0 Å². The first-order chi connectivity index (χ1) is 12.2. The van der Waals surface area contributed by atoms with Crippen LogP contribution in [0, 0.1) is 0 Å². The van der Waals surface area contributed by atoms with Crippen LogP contribution in [0.4, 0.5) is 0 Å². The van der Waals surface area contributed by atoms with Gasteiger partial charge >= 0.3 is 0 Å². The molecule has 0 aliphatic rings. The third-order valence-electron chi connectivity index (χ3n) is 4.70. The second-order valence-electron chi connectivity index (χ2n) is 7.05. The lowest BCUT2D eigenvalue weighted by molar-refractivity contribution is 0.0953. The average Bonchev–Trinajstić information content (AvgIpc) is 2.62. The van der Waals surface area contributed by atoms with Crippen LogP contribution in [0.25, 0.3) is 0 Å². The topological polar surface area (TPSA) is 49.3 Å². The number of aromatic hydroxyl groups is 1. The molecule has 2 N–H and O–H groups in total. The fraction of sp³-hybridized carbons (Fsp3) is 0.682. The molecule has 0 atom stereocenters. The van der Waals surface area contributed by atoms with E-state index in [2.05, 4.69) is 12.2 Å². The van der Waals surface area contributed by atoms with E-state index in [1.165, 1.54) is 77.0 Å². The molecule has 0 aliphatic carbocycles. The van der Waals surface area contributed by atoms with Crippen LogP contribution < -0.4 is 5.32 Å². The van der Waals surface area contributed by atoms with E-state index in [9.17, 15) is 9.90 Å². The van der Waals surface area contributed by atoms with Crippen LogP contribution in [0.15, 0.2) is 24.3 Å². The highest BCUT2D eigenvalue weighted by Gasteiger charge is 2.03. The second kappa shape index (κ2) is 14.8. The Morgan fingerprint density at radius 2 is 1.20 bits per heavy atom. The van der Waals surface area contributed by atoms with Crippen LogP contribution in [0.1, 0.15) is 101 Å². The summed E-state index contributed by atoms with van der Waals surface area (Å²) in [6.07, 6.45) is 17.4. The van der Waals surface area contributed by atoms with Gasteiger partial charge < -0.3 is 10.4 Å². The van der Waals surface area contributed by atoms with Gasteiger partial charge in [-0.2, -0.15) is 0 Å². The van der Waals surface area contributed by atoms with Gasteiger partial charge in [0.2, 0.25) is 0 Å². The van der Waals surface area contributed by atoms with E-state index in [0.717, 1.165) is 13.0 Å². The minimum Gasteiger partial charge on any atom is -0.508 e. The lowest BCUT2D eigenvalue weighted by Crippen LogP contribution is -2.24. The Labute approximate surface area is 154 Å². The molecule has 0 fully saturated rings. The van der Waals surface area contributed by atoms with Gasteiger partial charge in [0, 0.05) is 12.1 Å². The summed E-state index contributed by atoms with van der Waals surface area (Å²) in [4.78, 5) is 11.9. The highest BCUT2D eigenvalue weighted by Crippen LogP contribution is 2.12. The van der Waals surface area contributed by atoms with Crippen LogP contribution in [0.2, 0.25) is 0 Å². The lowest BCUT2D eigenvalue weighted by atomic mass is 10.0. The van der Waals surface area contributed by atoms with Crippen molar-refractivity contribution in [1.29, 1.82) is 0 Å². The minimum absolute atomic E-state index is 0.0565. The van der Waals surface area contributed by atoms with Gasteiger partial charge in [-0.25, -0.2) is 0 Å². The van der Waals surface area contributed by atoms with Crippen molar-refractivity contribution in [2.45, 2.75) is 90.4 Å². The number of amides is 1. The number of hydrogen-bond acceptors (Lipinski definition) is 2. The molecule has 1 aromatic rings. The number of carbonyl (C=O) groups is 1. The SMILES string of the molecule is CCCCCCCCCCCCCCCNC(=O)c1ccc(O)cc1. The van der Waals surface area contributed by atoms with E-state index in [4.69, 9.17) is 0 Å². The molecule has 0 heterocycles. The molecule has 0 unspecified atom stereocenters. The van der Waals surface area contributed by atoms with Crippen molar-refractivity contribution in [1.82, 2.24) is 5.32 Å².